The van der Waals surface area contributed by atoms with E-state index in [9.17, 15) is 9.59 Å². The topological polar surface area (TPSA) is 66.6 Å². The maximum Gasteiger partial charge on any atom is 0.253 e. The first-order valence-corrected chi connectivity index (χ1v) is 8.03. The first-order chi connectivity index (χ1) is 11.5. The molecule has 1 aliphatic rings. The number of carbonyl (C=O) groups excluding carboxylic acids is 2. The van der Waals surface area contributed by atoms with Gasteiger partial charge in [0.1, 0.15) is 0 Å². The average Bonchev–Trinajstić information content (AvgIpc) is 2.62. The standard InChI is InChI=1S/C19H21N3O2/c1-21-10-12-22(13-11-21)19(24)17-8-4-15(5-9-17)14-2-6-16(7-3-14)18(20)23/h2-9H,10-13H2,1H3,(H2,20,23). The van der Waals surface area contributed by atoms with Crippen molar-refractivity contribution in [1.82, 2.24) is 9.80 Å². The van der Waals surface area contributed by atoms with Crippen LogP contribution in [-0.2, 0) is 0 Å². The van der Waals surface area contributed by atoms with Crippen molar-refractivity contribution >= 4 is 11.8 Å². The van der Waals surface area contributed by atoms with Gasteiger partial charge in [0, 0.05) is 37.3 Å². The van der Waals surface area contributed by atoms with E-state index in [4.69, 9.17) is 5.73 Å². The fourth-order valence-electron chi connectivity index (χ4n) is 2.82. The Morgan fingerprint density at radius 3 is 1.71 bits per heavy atom. The number of nitrogens with zero attached hydrogens (tertiary/aromatic N) is 2. The quantitative estimate of drug-likeness (QED) is 0.937. The summed E-state index contributed by atoms with van der Waals surface area (Å²) in [6.45, 7) is 3.36. The maximum absolute atomic E-state index is 12.5. The van der Waals surface area contributed by atoms with Gasteiger partial charge in [-0.25, -0.2) is 0 Å². The smallest absolute Gasteiger partial charge is 0.253 e. The number of piperazine rings is 1. The Labute approximate surface area is 141 Å². The zero-order valence-electron chi connectivity index (χ0n) is 13.7. The lowest BCUT2D eigenvalue weighted by Gasteiger charge is -2.32. The van der Waals surface area contributed by atoms with E-state index in [1.807, 2.05) is 41.3 Å². The zero-order valence-corrected chi connectivity index (χ0v) is 13.7. The number of likely N-dealkylation sites (N-methyl/N-ethyl adjacent to an activating group) is 1. The molecule has 1 saturated heterocycles. The highest BCUT2D eigenvalue weighted by molar-refractivity contribution is 5.95. The van der Waals surface area contributed by atoms with Gasteiger partial charge in [-0.1, -0.05) is 24.3 Å². The van der Waals surface area contributed by atoms with Gasteiger partial charge in [-0.15, -0.1) is 0 Å². The molecule has 0 aliphatic carbocycles. The lowest BCUT2D eigenvalue weighted by molar-refractivity contribution is 0.0664. The molecule has 0 radical (unpaired) electrons. The van der Waals surface area contributed by atoms with E-state index < -0.39 is 5.91 Å². The fourth-order valence-corrected chi connectivity index (χ4v) is 2.82. The van der Waals surface area contributed by atoms with E-state index >= 15 is 0 Å². The SMILES string of the molecule is CN1CCN(C(=O)c2ccc(-c3ccc(C(N)=O)cc3)cc2)CC1. The number of nitrogens with two attached hydrogens (primary N) is 1. The third-order valence-electron chi connectivity index (χ3n) is 4.43. The number of amides is 2. The minimum atomic E-state index is -0.435. The predicted octanol–water partition coefficient (Wildman–Crippen LogP) is 1.84. The van der Waals surface area contributed by atoms with Crippen molar-refractivity contribution in [3.05, 3.63) is 59.7 Å². The third-order valence-corrected chi connectivity index (χ3v) is 4.43. The fraction of sp³-hybridized carbons (Fsp3) is 0.263. The molecule has 24 heavy (non-hydrogen) atoms. The van der Waals surface area contributed by atoms with Gasteiger partial charge in [0.05, 0.1) is 0 Å². The minimum absolute atomic E-state index is 0.0822. The Balaban J connectivity index is 1.73. The van der Waals surface area contributed by atoms with Crippen LogP contribution in [0.4, 0.5) is 0 Å². The van der Waals surface area contributed by atoms with E-state index in [1.165, 1.54) is 0 Å². The second-order valence-electron chi connectivity index (χ2n) is 6.11. The summed E-state index contributed by atoms with van der Waals surface area (Å²) in [6, 6.07) is 14.7. The summed E-state index contributed by atoms with van der Waals surface area (Å²) < 4.78 is 0. The van der Waals surface area contributed by atoms with Gasteiger partial charge in [-0.2, -0.15) is 0 Å². The van der Waals surface area contributed by atoms with Crippen LogP contribution in [0, 0.1) is 0 Å². The molecule has 1 fully saturated rings. The summed E-state index contributed by atoms with van der Waals surface area (Å²) in [7, 11) is 2.07. The van der Waals surface area contributed by atoms with Crippen molar-refractivity contribution in [2.24, 2.45) is 5.73 Å². The molecule has 2 amide bonds. The Kier molecular flexibility index (Phi) is 4.62. The number of hydrogen-bond acceptors (Lipinski definition) is 3. The average molecular weight is 323 g/mol. The van der Waals surface area contributed by atoms with Crippen LogP contribution < -0.4 is 5.73 Å². The molecule has 0 atom stereocenters. The van der Waals surface area contributed by atoms with Crippen LogP contribution in [0.1, 0.15) is 20.7 Å². The first-order valence-electron chi connectivity index (χ1n) is 8.03. The molecule has 5 heteroatoms. The van der Waals surface area contributed by atoms with Crippen molar-refractivity contribution in [2.75, 3.05) is 33.2 Å². The molecular formula is C19H21N3O2. The second kappa shape index (κ2) is 6.84. The van der Waals surface area contributed by atoms with Gasteiger partial charge in [-0.3, -0.25) is 9.59 Å². The molecule has 0 aromatic heterocycles. The molecule has 5 nitrogen and oxygen atoms in total. The zero-order chi connectivity index (χ0) is 17.1. The number of benzene rings is 2. The minimum Gasteiger partial charge on any atom is -0.366 e. The van der Waals surface area contributed by atoms with E-state index in [0.717, 1.165) is 37.3 Å². The van der Waals surface area contributed by atoms with Gasteiger partial charge < -0.3 is 15.5 Å². The van der Waals surface area contributed by atoms with Crippen LogP contribution in [0.2, 0.25) is 0 Å². The lowest BCUT2D eigenvalue weighted by Crippen LogP contribution is -2.47. The number of primary amides is 1. The Hall–Kier alpha value is -2.66. The molecule has 2 N–H and O–H groups in total. The normalized spacial score (nSPS) is 15.3. The van der Waals surface area contributed by atoms with Gasteiger partial charge >= 0.3 is 0 Å². The largest absolute Gasteiger partial charge is 0.366 e. The van der Waals surface area contributed by atoms with Crippen molar-refractivity contribution in [3.63, 3.8) is 0 Å². The first kappa shape index (κ1) is 16.2. The molecule has 124 valence electrons. The van der Waals surface area contributed by atoms with Crippen molar-refractivity contribution in [3.8, 4) is 11.1 Å². The summed E-state index contributed by atoms with van der Waals surface area (Å²) in [5.74, 6) is -0.353. The molecule has 1 aliphatic heterocycles. The van der Waals surface area contributed by atoms with Crippen LogP contribution >= 0.6 is 0 Å². The van der Waals surface area contributed by atoms with Crippen LogP contribution in [0.3, 0.4) is 0 Å². The van der Waals surface area contributed by atoms with Gasteiger partial charge in [0.15, 0.2) is 0 Å². The number of carbonyl (C=O) groups is 2. The van der Waals surface area contributed by atoms with Gasteiger partial charge in [0.25, 0.3) is 5.91 Å². The molecule has 0 unspecified atom stereocenters. The monoisotopic (exact) mass is 323 g/mol. The highest BCUT2D eigenvalue weighted by Crippen LogP contribution is 2.21. The van der Waals surface area contributed by atoms with Crippen molar-refractivity contribution in [2.45, 2.75) is 0 Å². The molecule has 0 spiro atoms. The molecule has 2 aromatic carbocycles. The van der Waals surface area contributed by atoms with Gasteiger partial charge in [0.2, 0.25) is 5.91 Å². The van der Waals surface area contributed by atoms with Crippen LogP contribution in [0.25, 0.3) is 11.1 Å². The van der Waals surface area contributed by atoms with Crippen molar-refractivity contribution < 1.29 is 9.59 Å². The van der Waals surface area contributed by atoms with E-state index in [1.54, 1.807) is 12.1 Å². The number of hydrogen-bond donors (Lipinski definition) is 1. The molecule has 1 heterocycles. The molecular weight excluding hydrogens is 302 g/mol. The highest BCUT2D eigenvalue weighted by atomic mass is 16.2. The van der Waals surface area contributed by atoms with Crippen LogP contribution in [0.5, 0.6) is 0 Å². The van der Waals surface area contributed by atoms with E-state index in [0.29, 0.717) is 11.1 Å². The second-order valence-corrected chi connectivity index (χ2v) is 6.11. The summed E-state index contributed by atoms with van der Waals surface area (Å²) in [5, 5.41) is 0. The molecule has 2 aromatic rings. The molecule has 0 bridgehead atoms. The number of rotatable bonds is 3. The summed E-state index contributed by atoms with van der Waals surface area (Å²) in [6.07, 6.45) is 0. The van der Waals surface area contributed by atoms with Crippen molar-refractivity contribution in [1.29, 1.82) is 0 Å². The summed E-state index contributed by atoms with van der Waals surface area (Å²) >= 11 is 0. The van der Waals surface area contributed by atoms with Gasteiger partial charge in [-0.05, 0) is 42.4 Å². The maximum atomic E-state index is 12.5. The summed E-state index contributed by atoms with van der Waals surface area (Å²) in [5.41, 5.74) is 8.43. The van der Waals surface area contributed by atoms with E-state index in [2.05, 4.69) is 11.9 Å². The summed E-state index contributed by atoms with van der Waals surface area (Å²) in [4.78, 5) is 27.8. The Morgan fingerprint density at radius 2 is 1.25 bits per heavy atom. The van der Waals surface area contributed by atoms with E-state index in [-0.39, 0.29) is 5.91 Å². The lowest BCUT2D eigenvalue weighted by atomic mass is 10.0. The Morgan fingerprint density at radius 1 is 0.792 bits per heavy atom. The van der Waals surface area contributed by atoms with Crippen LogP contribution in [0.15, 0.2) is 48.5 Å². The predicted molar refractivity (Wildman–Crippen MR) is 93.8 cm³/mol. The highest BCUT2D eigenvalue weighted by Gasteiger charge is 2.20. The third kappa shape index (κ3) is 3.46. The van der Waals surface area contributed by atoms with Crippen LogP contribution in [-0.4, -0.2) is 54.8 Å². The molecule has 0 saturated carbocycles. The molecule has 3 rings (SSSR count). The Bertz CT molecular complexity index is 730.